The summed E-state index contributed by atoms with van der Waals surface area (Å²) in [7, 11) is 1.51. The largest absolute Gasteiger partial charge is 0.371 e. The van der Waals surface area contributed by atoms with Gasteiger partial charge in [-0.05, 0) is 12.1 Å². The van der Waals surface area contributed by atoms with E-state index in [2.05, 4.69) is 20.3 Å². The summed E-state index contributed by atoms with van der Waals surface area (Å²) >= 11 is 5.61. The lowest BCUT2D eigenvalue weighted by molar-refractivity contribution is 0.145. The second-order valence-electron chi connectivity index (χ2n) is 3.51. The molecular weight excluding hydrogens is 281 g/mol. The molecule has 0 fully saturated rings. The fourth-order valence-electron chi connectivity index (χ4n) is 1.41. The quantitative estimate of drug-likeness (QED) is 0.941. The van der Waals surface area contributed by atoms with Crippen LogP contribution in [-0.2, 0) is 0 Å². The molecule has 2 aromatic heterocycles. The number of hydrogen-bond acceptors (Lipinski definition) is 4. The zero-order chi connectivity index (χ0) is 14.0. The normalized spacial score (nSPS) is 10.8. The van der Waals surface area contributed by atoms with Gasteiger partial charge in [0.25, 0.3) is 6.43 Å². The Morgan fingerprint density at radius 1 is 1.21 bits per heavy atom. The molecule has 1 N–H and O–H groups in total. The Balaban J connectivity index is 2.45. The molecule has 0 aliphatic heterocycles. The first kappa shape index (κ1) is 13.5. The third-order valence-electron chi connectivity index (χ3n) is 2.31. The van der Waals surface area contributed by atoms with E-state index in [4.69, 9.17) is 11.6 Å². The number of aromatic nitrogens is 3. The van der Waals surface area contributed by atoms with Crippen molar-refractivity contribution in [3.8, 4) is 11.4 Å². The van der Waals surface area contributed by atoms with Crippen LogP contribution < -0.4 is 5.32 Å². The van der Waals surface area contributed by atoms with Crippen LogP contribution in [0.3, 0.4) is 0 Å². The first-order valence-corrected chi connectivity index (χ1v) is 5.56. The fourth-order valence-corrected chi connectivity index (χ4v) is 1.63. The highest BCUT2D eigenvalue weighted by Gasteiger charge is 2.16. The van der Waals surface area contributed by atoms with Crippen molar-refractivity contribution in [2.75, 3.05) is 12.4 Å². The van der Waals surface area contributed by atoms with Crippen LogP contribution >= 0.6 is 11.6 Å². The molecule has 0 aliphatic carbocycles. The van der Waals surface area contributed by atoms with Gasteiger partial charge < -0.3 is 5.32 Å². The van der Waals surface area contributed by atoms with Gasteiger partial charge in [-0.2, -0.15) is 0 Å². The van der Waals surface area contributed by atoms with Crippen molar-refractivity contribution in [1.29, 1.82) is 0 Å². The molecule has 4 nitrogen and oxygen atoms in total. The number of nitrogens with one attached hydrogen (secondary N) is 1. The van der Waals surface area contributed by atoms with Crippen LogP contribution in [0.15, 0.2) is 18.3 Å². The monoisotopic (exact) mass is 288 g/mol. The van der Waals surface area contributed by atoms with Crippen molar-refractivity contribution in [3.63, 3.8) is 0 Å². The average Bonchev–Trinajstić information content (AvgIpc) is 2.38. The van der Waals surface area contributed by atoms with E-state index in [9.17, 15) is 13.2 Å². The minimum atomic E-state index is -2.80. The predicted molar refractivity (Wildman–Crippen MR) is 64.7 cm³/mol. The fraction of sp³-hybridized carbons (Fsp3) is 0.182. The molecule has 0 amide bonds. The van der Waals surface area contributed by atoms with Crippen LogP contribution in [0.1, 0.15) is 12.1 Å². The minimum absolute atomic E-state index is 0.0216. The number of hydrogen-bond donors (Lipinski definition) is 1. The van der Waals surface area contributed by atoms with Crippen LogP contribution in [0.4, 0.5) is 19.0 Å². The van der Waals surface area contributed by atoms with Crippen molar-refractivity contribution < 1.29 is 13.2 Å². The van der Waals surface area contributed by atoms with Gasteiger partial charge in [0.15, 0.2) is 16.8 Å². The molecule has 0 saturated carbocycles. The molecule has 0 unspecified atom stereocenters. The van der Waals surface area contributed by atoms with Crippen LogP contribution in [0, 0.1) is 5.82 Å². The zero-order valence-electron chi connectivity index (χ0n) is 9.66. The molecule has 0 atom stereocenters. The number of nitrogens with zero attached hydrogens (tertiary/aromatic N) is 3. The van der Waals surface area contributed by atoms with E-state index in [1.54, 1.807) is 0 Å². The van der Waals surface area contributed by atoms with Crippen LogP contribution in [0.25, 0.3) is 11.4 Å². The lowest BCUT2D eigenvalue weighted by atomic mass is 10.2. The van der Waals surface area contributed by atoms with Gasteiger partial charge >= 0.3 is 0 Å². The molecule has 0 spiro atoms. The van der Waals surface area contributed by atoms with Gasteiger partial charge in [0.05, 0.1) is 11.9 Å². The van der Waals surface area contributed by atoms with Gasteiger partial charge in [-0.25, -0.2) is 28.1 Å². The predicted octanol–water partition coefficient (Wildman–Crippen LogP) is 3.31. The number of rotatable bonds is 3. The van der Waals surface area contributed by atoms with E-state index in [0.717, 1.165) is 6.20 Å². The second-order valence-corrected chi connectivity index (χ2v) is 3.87. The summed E-state index contributed by atoms with van der Waals surface area (Å²) in [6.45, 7) is 0. The van der Waals surface area contributed by atoms with E-state index in [1.807, 2.05) is 0 Å². The van der Waals surface area contributed by atoms with Gasteiger partial charge in [-0.1, -0.05) is 11.6 Å². The maximum absolute atomic E-state index is 13.2. The van der Waals surface area contributed by atoms with Crippen molar-refractivity contribution >= 4 is 17.4 Å². The smallest absolute Gasteiger partial charge is 0.283 e. The third kappa shape index (κ3) is 2.76. The Morgan fingerprint density at radius 2 is 1.95 bits per heavy atom. The summed E-state index contributed by atoms with van der Waals surface area (Å²) in [5.41, 5.74) is -0.131. The number of pyridine rings is 1. The summed E-state index contributed by atoms with van der Waals surface area (Å²) in [6.07, 6.45) is -1.68. The molecule has 0 aromatic carbocycles. The van der Waals surface area contributed by atoms with Crippen LogP contribution in [0.2, 0.25) is 5.15 Å². The SMILES string of the molecule is CNc1nc(-c2cnc(C(F)F)c(Cl)n2)ccc1F. The first-order chi connectivity index (χ1) is 9.02. The number of halogens is 4. The number of anilines is 1. The molecule has 0 aliphatic rings. The van der Waals surface area contributed by atoms with Gasteiger partial charge in [-0.15, -0.1) is 0 Å². The van der Waals surface area contributed by atoms with Crippen molar-refractivity contribution in [2.45, 2.75) is 6.43 Å². The molecule has 0 saturated heterocycles. The lowest BCUT2D eigenvalue weighted by Gasteiger charge is -2.06. The van der Waals surface area contributed by atoms with Gasteiger partial charge in [0.1, 0.15) is 11.4 Å². The molecule has 2 heterocycles. The lowest BCUT2D eigenvalue weighted by Crippen LogP contribution is -2.00. The van der Waals surface area contributed by atoms with Gasteiger partial charge in [-0.3, -0.25) is 0 Å². The van der Waals surface area contributed by atoms with E-state index in [-0.39, 0.29) is 17.2 Å². The molecule has 2 rings (SSSR count). The summed E-state index contributed by atoms with van der Waals surface area (Å²) in [6, 6.07) is 2.54. The molecule has 0 bridgehead atoms. The van der Waals surface area contributed by atoms with E-state index in [0.29, 0.717) is 0 Å². The van der Waals surface area contributed by atoms with Gasteiger partial charge in [0.2, 0.25) is 0 Å². The highest BCUT2D eigenvalue weighted by Crippen LogP contribution is 2.26. The average molecular weight is 289 g/mol. The van der Waals surface area contributed by atoms with E-state index >= 15 is 0 Å². The van der Waals surface area contributed by atoms with Crippen molar-refractivity contribution in [1.82, 2.24) is 15.0 Å². The Kier molecular flexibility index (Phi) is 3.84. The Labute approximate surface area is 111 Å². The van der Waals surface area contributed by atoms with E-state index in [1.165, 1.54) is 19.2 Å². The topological polar surface area (TPSA) is 50.7 Å². The molecule has 2 aromatic rings. The molecule has 19 heavy (non-hydrogen) atoms. The highest BCUT2D eigenvalue weighted by atomic mass is 35.5. The standard InChI is InChI=1S/C11H8ClF3N4/c1-16-11-5(13)2-3-6(19-11)7-4-17-8(10(14)15)9(12)18-7/h2-4,10H,1H3,(H,16,19). The van der Waals surface area contributed by atoms with E-state index < -0.39 is 23.1 Å². The molecule has 8 heteroatoms. The molecule has 0 radical (unpaired) electrons. The first-order valence-electron chi connectivity index (χ1n) is 5.18. The van der Waals surface area contributed by atoms with Crippen molar-refractivity contribution in [3.05, 3.63) is 35.0 Å². The molecule has 100 valence electrons. The second kappa shape index (κ2) is 5.40. The van der Waals surface area contributed by atoms with Crippen LogP contribution in [0.5, 0.6) is 0 Å². The zero-order valence-corrected chi connectivity index (χ0v) is 10.4. The van der Waals surface area contributed by atoms with Crippen LogP contribution in [-0.4, -0.2) is 22.0 Å². The maximum atomic E-state index is 13.2. The summed E-state index contributed by atoms with van der Waals surface area (Å²) in [5.74, 6) is -0.511. The highest BCUT2D eigenvalue weighted by molar-refractivity contribution is 6.30. The maximum Gasteiger partial charge on any atom is 0.283 e. The Bertz CT molecular complexity index is 606. The Morgan fingerprint density at radius 3 is 2.53 bits per heavy atom. The molecular formula is C11H8ClF3N4. The summed E-state index contributed by atoms with van der Waals surface area (Å²) < 4.78 is 38.2. The third-order valence-corrected chi connectivity index (χ3v) is 2.59. The summed E-state index contributed by atoms with van der Waals surface area (Å²) in [4.78, 5) is 11.3. The van der Waals surface area contributed by atoms with Gasteiger partial charge in [0, 0.05) is 7.05 Å². The summed E-state index contributed by atoms with van der Waals surface area (Å²) in [5, 5.41) is 2.16. The minimum Gasteiger partial charge on any atom is -0.371 e. The number of alkyl halides is 2. The Hall–Kier alpha value is -1.89. The van der Waals surface area contributed by atoms with Crippen molar-refractivity contribution in [2.24, 2.45) is 0 Å².